The van der Waals surface area contributed by atoms with Crippen LogP contribution >= 0.6 is 15.9 Å². The summed E-state index contributed by atoms with van der Waals surface area (Å²) in [5, 5.41) is 0. The van der Waals surface area contributed by atoms with Crippen LogP contribution in [0.25, 0.3) is 0 Å². The molecule has 1 unspecified atom stereocenters. The van der Waals surface area contributed by atoms with Gasteiger partial charge in [0.25, 0.3) is 0 Å². The third-order valence-electron chi connectivity index (χ3n) is 3.14. The molecule has 1 heterocycles. The van der Waals surface area contributed by atoms with Crippen molar-refractivity contribution in [1.82, 2.24) is 4.90 Å². The molecule has 1 aromatic carbocycles. The van der Waals surface area contributed by atoms with E-state index in [4.69, 9.17) is 0 Å². The number of likely N-dealkylation sites (tertiary alicyclic amines) is 1. The highest BCUT2D eigenvalue weighted by Gasteiger charge is 2.19. The van der Waals surface area contributed by atoms with Gasteiger partial charge in [-0.2, -0.15) is 0 Å². The van der Waals surface area contributed by atoms with Crippen LogP contribution in [0.5, 0.6) is 0 Å². The lowest BCUT2D eigenvalue weighted by molar-refractivity contribution is -0.112. The summed E-state index contributed by atoms with van der Waals surface area (Å²) in [4.78, 5) is 13.0. The maximum atomic E-state index is 13.0. The van der Waals surface area contributed by atoms with Gasteiger partial charge in [-0.15, -0.1) is 0 Å². The number of halogens is 2. The number of carbonyl (C=O) groups excluding carboxylic acids is 1. The van der Waals surface area contributed by atoms with Crippen LogP contribution in [0.15, 0.2) is 22.7 Å². The van der Waals surface area contributed by atoms with Gasteiger partial charge in [-0.1, -0.05) is 22.0 Å². The fourth-order valence-electron chi connectivity index (χ4n) is 2.24. The molecule has 4 heteroatoms. The van der Waals surface area contributed by atoms with Crippen LogP contribution in [0.1, 0.15) is 18.4 Å². The summed E-state index contributed by atoms with van der Waals surface area (Å²) >= 11 is 3.37. The van der Waals surface area contributed by atoms with E-state index in [9.17, 15) is 9.18 Å². The van der Waals surface area contributed by atoms with Gasteiger partial charge in [-0.25, -0.2) is 4.39 Å². The van der Waals surface area contributed by atoms with Crippen LogP contribution in [0.2, 0.25) is 0 Å². The fraction of sp³-hybridized carbons (Fsp3) is 0.462. The highest BCUT2D eigenvalue weighted by molar-refractivity contribution is 9.10. The van der Waals surface area contributed by atoms with E-state index in [2.05, 4.69) is 20.8 Å². The second-order valence-electron chi connectivity index (χ2n) is 4.51. The Labute approximate surface area is 109 Å². The summed E-state index contributed by atoms with van der Waals surface area (Å²) in [6, 6.07) is 4.75. The minimum Gasteiger partial charge on any atom is -0.303 e. The predicted molar refractivity (Wildman–Crippen MR) is 68.2 cm³/mol. The molecule has 0 bridgehead atoms. The Bertz CT molecular complexity index is 410. The van der Waals surface area contributed by atoms with Crippen molar-refractivity contribution in [2.45, 2.75) is 19.4 Å². The first-order valence-electron chi connectivity index (χ1n) is 5.80. The highest BCUT2D eigenvalue weighted by Crippen LogP contribution is 2.22. The molecular weight excluding hydrogens is 285 g/mol. The fourth-order valence-corrected chi connectivity index (χ4v) is 2.71. The van der Waals surface area contributed by atoms with Crippen molar-refractivity contribution in [2.24, 2.45) is 5.92 Å². The van der Waals surface area contributed by atoms with Crippen LogP contribution in [-0.2, 0) is 11.3 Å². The average molecular weight is 300 g/mol. The first-order chi connectivity index (χ1) is 8.19. The Morgan fingerprint density at radius 3 is 3.06 bits per heavy atom. The zero-order valence-electron chi connectivity index (χ0n) is 9.53. The maximum Gasteiger partial charge on any atom is 0.124 e. The summed E-state index contributed by atoms with van der Waals surface area (Å²) < 4.78 is 13.7. The Balaban J connectivity index is 2.02. The molecule has 0 N–H and O–H groups in total. The lowest BCUT2D eigenvalue weighted by Crippen LogP contribution is -2.35. The van der Waals surface area contributed by atoms with Crippen molar-refractivity contribution < 1.29 is 9.18 Å². The number of aldehydes is 1. The van der Waals surface area contributed by atoms with E-state index >= 15 is 0 Å². The summed E-state index contributed by atoms with van der Waals surface area (Å²) in [6.45, 7) is 2.59. The SMILES string of the molecule is O=CC1CCCN(Cc2ccc(F)cc2Br)C1. The summed E-state index contributed by atoms with van der Waals surface area (Å²) in [5.74, 6) is -0.0759. The molecule has 0 amide bonds. The molecule has 92 valence electrons. The third-order valence-corrected chi connectivity index (χ3v) is 3.88. The van der Waals surface area contributed by atoms with Crippen molar-refractivity contribution in [2.75, 3.05) is 13.1 Å². The Morgan fingerprint density at radius 2 is 2.35 bits per heavy atom. The number of rotatable bonds is 3. The molecule has 0 radical (unpaired) electrons. The van der Waals surface area contributed by atoms with Gasteiger partial charge in [-0.3, -0.25) is 4.90 Å². The molecular formula is C13H15BrFNO. The number of hydrogen-bond acceptors (Lipinski definition) is 2. The van der Waals surface area contributed by atoms with E-state index in [-0.39, 0.29) is 11.7 Å². The Hall–Kier alpha value is -0.740. The molecule has 0 aromatic heterocycles. The zero-order chi connectivity index (χ0) is 12.3. The molecule has 0 aliphatic carbocycles. The quantitative estimate of drug-likeness (QED) is 0.800. The van der Waals surface area contributed by atoms with Crippen LogP contribution in [0, 0.1) is 11.7 Å². The summed E-state index contributed by atoms with van der Waals surface area (Å²) in [7, 11) is 0. The molecule has 1 aliphatic heterocycles. The van der Waals surface area contributed by atoms with Crippen LogP contribution in [0.4, 0.5) is 4.39 Å². The second-order valence-corrected chi connectivity index (χ2v) is 5.36. The smallest absolute Gasteiger partial charge is 0.124 e. The molecule has 0 spiro atoms. The first-order valence-corrected chi connectivity index (χ1v) is 6.60. The van der Waals surface area contributed by atoms with Gasteiger partial charge >= 0.3 is 0 Å². The first kappa shape index (κ1) is 12.7. The third kappa shape index (κ3) is 3.36. The zero-order valence-corrected chi connectivity index (χ0v) is 11.1. The minimum absolute atomic E-state index is 0.156. The van der Waals surface area contributed by atoms with Crippen LogP contribution in [0.3, 0.4) is 0 Å². The van der Waals surface area contributed by atoms with Gasteiger partial charge in [0.1, 0.15) is 12.1 Å². The number of benzene rings is 1. The number of carbonyl (C=O) groups is 1. The average Bonchev–Trinajstić information content (AvgIpc) is 2.33. The van der Waals surface area contributed by atoms with Gasteiger partial charge < -0.3 is 4.79 Å². The molecule has 2 rings (SSSR count). The summed E-state index contributed by atoms with van der Waals surface area (Å²) in [5.41, 5.74) is 1.07. The molecule has 1 aromatic rings. The highest BCUT2D eigenvalue weighted by atomic mass is 79.9. The second kappa shape index (κ2) is 5.74. The molecule has 1 aliphatic rings. The molecule has 1 atom stereocenters. The molecule has 0 saturated carbocycles. The Morgan fingerprint density at radius 1 is 1.53 bits per heavy atom. The largest absolute Gasteiger partial charge is 0.303 e. The molecule has 1 fully saturated rings. The van der Waals surface area contributed by atoms with E-state index in [1.807, 2.05) is 0 Å². The van der Waals surface area contributed by atoms with E-state index < -0.39 is 0 Å². The Kier molecular flexibility index (Phi) is 4.29. The van der Waals surface area contributed by atoms with Gasteiger partial charge in [0.15, 0.2) is 0 Å². The lowest BCUT2D eigenvalue weighted by atomic mass is 9.99. The van der Waals surface area contributed by atoms with Crippen molar-refractivity contribution in [3.63, 3.8) is 0 Å². The van der Waals surface area contributed by atoms with Gasteiger partial charge in [-0.05, 0) is 37.1 Å². The van der Waals surface area contributed by atoms with Crippen molar-refractivity contribution >= 4 is 22.2 Å². The van der Waals surface area contributed by atoms with E-state index in [1.165, 1.54) is 12.1 Å². The standard InChI is InChI=1S/C13H15BrFNO/c14-13-6-12(15)4-3-11(13)8-16-5-1-2-10(7-16)9-17/h3-4,6,9-10H,1-2,5,7-8H2. The monoisotopic (exact) mass is 299 g/mol. The number of piperidine rings is 1. The molecule has 1 saturated heterocycles. The van der Waals surface area contributed by atoms with Gasteiger partial charge in [0.05, 0.1) is 0 Å². The normalized spacial score (nSPS) is 21.4. The maximum absolute atomic E-state index is 13.0. The molecule has 2 nitrogen and oxygen atoms in total. The number of hydrogen-bond donors (Lipinski definition) is 0. The van der Waals surface area contributed by atoms with Gasteiger partial charge in [0.2, 0.25) is 0 Å². The van der Waals surface area contributed by atoms with Crippen molar-refractivity contribution in [1.29, 1.82) is 0 Å². The molecule has 17 heavy (non-hydrogen) atoms. The van der Waals surface area contributed by atoms with Crippen LogP contribution < -0.4 is 0 Å². The lowest BCUT2D eigenvalue weighted by Gasteiger charge is -2.30. The minimum atomic E-state index is -0.231. The number of nitrogens with zero attached hydrogens (tertiary/aromatic N) is 1. The van der Waals surface area contributed by atoms with Crippen LogP contribution in [-0.4, -0.2) is 24.3 Å². The summed E-state index contributed by atoms with van der Waals surface area (Å²) in [6.07, 6.45) is 3.10. The topological polar surface area (TPSA) is 20.3 Å². The van der Waals surface area contributed by atoms with E-state index in [1.54, 1.807) is 6.07 Å². The van der Waals surface area contributed by atoms with E-state index in [0.29, 0.717) is 0 Å². The van der Waals surface area contributed by atoms with E-state index in [0.717, 1.165) is 48.8 Å². The predicted octanol–water partition coefficient (Wildman–Crippen LogP) is 3.00. The van der Waals surface area contributed by atoms with Crippen molar-refractivity contribution in [3.05, 3.63) is 34.1 Å². The van der Waals surface area contributed by atoms with Crippen molar-refractivity contribution in [3.8, 4) is 0 Å². The van der Waals surface area contributed by atoms with Gasteiger partial charge in [0, 0.05) is 23.5 Å².